The number of halogens is 3. The van der Waals surface area contributed by atoms with Gasteiger partial charge >= 0.3 is 0 Å². The van der Waals surface area contributed by atoms with Gasteiger partial charge in [-0.15, -0.1) is 0 Å². The quantitative estimate of drug-likeness (QED) is 0.0440. The summed E-state index contributed by atoms with van der Waals surface area (Å²) >= 11 is 13.1. The van der Waals surface area contributed by atoms with Crippen molar-refractivity contribution < 1.29 is 14.4 Å². The zero-order valence-electron chi connectivity index (χ0n) is 51.0. The molecule has 0 spiro atoms. The van der Waals surface area contributed by atoms with Crippen LogP contribution in [-0.4, -0.2) is 80.1 Å². The standard InChI is InChI=1S/C22H30BrN5O2.C21H28BrN5O2.C21H28ClN5O2/c1-2-18(16-10-12-24-13-11-16)27-20(29)15-28-22(30)21(23)19(14-25-28)26-17-8-6-4-3-5-7-9-17;2*1-15-11-23-10-9-16(15)12-24-19(28)14-27-21(29)20(22)18(13-25-27)26-17-7-5-3-2-4-6-8-17/h10-14,17-18,26H,2-9,15H2,1H3,(H,27,29);2*9-11,13,17,26H,2-8,12,14H2,1H3,(H,24,28). The van der Waals surface area contributed by atoms with E-state index in [1.807, 2.05) is 45.0 Å². The van der Waals surface area contributed by atoms with Crippen LogP contribution in [0.15, 0.2) is 103 Å². The van der Waals surface area contributed by atoms with Gasteiger partial charge in [0.25, 0.3) is 16.7 Å². The second-order valence-corrected chi connectivity index (χ2v) is 25.0. The average Bonchev–Trinajstić information content (AvgIpc) is 2.10. The molecule has 474 valence electrons. The van der Waals surface area contributed by atoms with E-state index in [0.717, 1.165) is 77.4 Å². The summed E-state index contributed by atoms with van der Waals surface area (Å²) in [5.41, 5.74) is 5.83. The molecule has 6 heterocycles. The molecular weight excluding hydrogens is 1270 g/mol. The van der Waals surface area contributed by atoms with Gasteiger partial charge in [-0.25, -0.2) is 14.0 Å². The molecular formula is C64H86Br2ClN15O6. The summed E-state index contributed by atoms with van der Waals surface area (Å²) in [5.74, 6) is -0.808. The first-order chi connectivity index (χ1) is 42.7. The Balaban J connectivity index is 0.000000188. The molecule has 6 aromatic rings. The predicted octanol–water partition coefficient (Wildman–Crippen LogP) is 11.2. The van der Waals surface area contributed by atoms with Crippen molar-refractivity contribution in [3.63, 3.8) is 0 Å². The van der Waals surface area contributed by atoms with E-state index in [9.17, 15) is 28.8 Å². The summed E-state index contributed by atoms with van der Waals surface area (Å²) in [7, 11) is 0. The van der Waals surface area contributed by atoms with Crippen LogP contribution in [0.25, 0.3) is 0 Å². The topological polar surface area (TPSA) is 267 Å². The monoisotopic (exact) mass is 1350 g/mol. The Morgan fingerprint density at radius 3 is 1.25 bits per heavy atom. The zero-order chi connectivity index (χ0) is 62.6. The summed E-state index contributed by atoms with van der Waals surface area (Å²) in [6, 6.07) is 8.37. The Morgan fingerprint density at radius 1 is 0.500 bits per heavy atom. The molecule has 3 amide bonds. The van der Waals surface area contributed by atoms with Gasteiger partial charge in [0.05, 0.1) is 41.7 Å². The lowest BCUT2D eigenvalue weighted by molar-refractivity contribution is -0.123. The van der Waals surface area contributed by atoms with Crippen LogP contribution in [0.2, 0.25) is 5.02 Å². The van der Waals surface area contributed by atoms with Gasteiger partial charge in [-0.2, -0.15) is 15.3 Å². The highest BCUT2D eigenvalue weighted by Gasteiger charge is 2.21. The Bertz CT molecular complexity index is 3220. The maximum Gasteiger partial charge on any atom is 0.288 e. The number of anilines is 3. The summed E-state index contributed by atoms with van der Waals surface area (Å²) in [4.78, 5) is 87.1. The van der Waals surface area contributed by atoms with Crippen molar-refractivity contribution >= 4 is 78.2 Å². The Morgan fingerprint density at radius 2 is 0.852 bits per heavy atom. The molecule has 6 N–H and O–H groups in total. The molecule has 0 aromatic carbocycles. The van der Waals surface area contributed by atoms with Crippen molar-refractivity contribution in [3.05, 3.63) is 153 Å². The van der Waals surface area contributed by atoms with Gasteiger partial charge < -0.3 is 31.9 Å². The largest absolute Gasteiger partial charge is 0.380 e. The molecule has 6 aromatic heterocycles. The maximum atomic E-state index is 12.7. The molecule has 3 fully saturated rings. The van der Waals surface area contributed by atoms with Crippen LogP contribution in [0.1, 0.15) is 182 Å². The van der Waals surface area contributed by atoms with Crippen LogP contribution in [-0.2, 0) is 47.1 Å². The van der Waals surface area contributed by atoms with Gasteiger partial charge in [0, 0.05) is 68.4 Å². The average molecular weight is 1360 g/mol. The highest BCUT2D eigenvalue weighted by atomic mass is 79.9. The van der Waals surface area contributed by atoms with Gasteiger partial charge in [0.1, 0.15) is 33.6 Å². The Kier molecular flexibility index (Phi) is 28.5. The minimum absolute atomic E-state index is 0.0832. The van der Waals surface area contributed by atoms with Crippen molar-refractivity contribution in [2.75, 3.05) is 16.0 Å². The number of rotatable bonds is 19. The zero-order valence-corrected chi connectivity index (χ0v) is 54.9. The molecule has 3 aliphatic rings. The van der Waals surface area contributed by atoms with Gasteiger partial charge in [-0.3, -0.25) is 43.7 Å². The Hall–Kier alpha value is -6.85. The van der Waals surface area contributed by atoms with E-state index >= 15 is 0 Å². The van der Waals surface area contributed by atoms with E-state index in [4.69, 9.17) is 11.6 Å². The summed E-state index contributed by atoms with van der Waals surface area (Å²) in [5, 5.41) is 31.6. The molecule has 24 heteroatoms. The summed E-state index contributed by atoms with van der Waals surface area (Å²) in [6.45, 7) is 6.23. The fourth-order valence-electron chi connectivity index (χ4n) is 11.1. The van der Waals surface area contributed by atoms with Crippen molar-refractivity contribution in [2.45, 2.75) is 219 Å². The van der Waals surface area contributed by atoms with Gasteiger partial charge in [0.2, 0.25) is 17.7 Å². The second-order valence-electron chi connectivity index (χ2n) is 23.0. The van der Waals surface area contributed by atoms with Crippen LogP contribution in [0.3, 0.4) is 0 Å². The number of nitrogens with zero attached hydrogens (tertiary/aromatic N) is 9. The smallest absolute Gasteiger partial charge is 0.288 e. The number of carbonyl (C=O) groups excluding carboxylic acids is 3. The van der Waals surface area contributed by atoms with Crippen LogP contribution in [0.5, 0.6) is 0 Å². The molecule has 1 unspecified atom stereocenters. The third kappa shape index (κ3) is 22.0. The molecule has 0 aliphatic heterocycles. The third-order valence-electron chi connectivity index (χ3n) is 16.3. The number of aromatic nitrogens is 9. The molecule has 1 atom stereocenters. The number of amides is 3. The molecule has 0 radical (unpaired) electrons. The van der Waals surface area contributed by atoms with E-state index in [0.29, 0.717) is 57.2 Å². The van der Waals surface area contributed by atoms with E-state index in [1.54, 1.807) is 55.8 Å². The fourth-order valence-corrected chi connectivity index (χ4v) is 12.1. The first-order valence-electron chi connectivity index (χ1n) is 31.2. The Labute approximate surface area is 537 Å². The second kappa shape index (κ2) is 36.6. The van der Waals surface area contributed by atoms with Crippen molar-refractivity contribution in [1.29, 1.82) is 0 Å². The van der Waals surface area contributed by atoms with Gasteiger partial charge in [-0.05, 0) is 143 Å². The molecule has 88 heavy (non-hydrogen) atoms. The lowest BCUT2D eigenvalue weighted by Gasteiger charge is -2.22. The van der Waals surface area contributed by atoms with E-state index in [-0.39, 0.29) is 59.5 Å². The SMILES string of the molecule is CCC(NC(=O)Cn1ncc(NC2CCCCCCC2)c(Br)c1=O)c1ccncc1.Cc1cnccc1CNC(=O)Cn1ncc(NC2CCCCCCC2)c(Br)c1=O.Cc1cnccc1CNC(=O)Cn1ncc(NC2CCCCCCC2)c(Cl)c1=O. The predicted molar refractivity (Wildman–Crippen MR) is 352 cm³/mol. The van der Waals surface area contributed by atoms with Gasteiger partial charge in [-0.1, -0.05) is 115 Å². The minimum Gasteiger partial charge on any atom is -0.380 e. The highest BCUT2D eigenvalue weighted by molar-refractivity contribution is 9.11. The lowest BCUT2D eigenvalue weighted by atomic mass is 9.96. The van der Waals surface area contributed by atoms with Crippen molar-refractivity contribution in [3.8, 4) is 0 Å². The van der Waals surface area contributed by atoms with Gasteiger partial charge in [0.15, 0.2) is 0 Å². The fraction of sp³-hybridized carbons (Fsp3) is 0.531. The normalized spacial score (nSPS) is 15.7. The van der Waals surface area contributed by atoms with Crippen LogP contribution in [0.4, 0.5) is 17.1 Å². The van der Waals surface area contributed by atoms with E-state index in [2.05, 4.69) is 94.0 Å². The number of pyridine rings is 3. The third-order valence-corrected chi connectivity index (χ3v) is 18.2. The number of carbonyl (C=O) groups is 3. The summed E-state index contributed by atoms with van der Waals surface area (Å²) in [6.07, 6.45) is 41.1. The molecule has 21 nitrogen and oxygen atoms in total. The number of hydrogen-bond acceptors (Lipinski definition) is 15. The lowest BCUT2D eigenvalue weighted by Crippen LogP contribution is -2.36. The summed E-state index contributed by atoms with van der Waals surface area (Å²) < 4.78 is 4.32. The van der Waals surface area contributed by atoms with E-state index in [1.165, 1.54) is 106 Å². The van der Waals surface area contributed by atoms with Crippen LogP contribution >= 0.6 is 43.5 Å². The maximum absolute atomic E-state index is 12.7. The molecule has 0 saturated heterocycles. The molecule has 3 aliphatic carbocycles. The first-order valence-corrected chi connectivity index (χ1v) is 33.2. The highest BCUT2D eigenvalue weighted by Crippen LogP contribution is 2.27. The van der Waals surface area contributed by atoms with Crippen LogP contribution < -0.4 is 48.6 Å². The van der Waals surface area contributed by atoms with E-state index < -0.39 is 5.56 Å². The number of aryl methyl sites for hydroxylation is 2. The minimum atomic E-state index is -0.460. The number of nitrogens with one attached hydrogen (secondary N) is 6. The van der Waals surface area contributed by atoms with Crippen molar-refractivity contribution in [1.82, 2.24) is 60.2 Å². The molecule has 3 saturated carbocycles. The van der Waals surface area contributed by atoms with Crippen molar-refractivity contribution in [2.24, 2.45) is 0 Å². The van der Waals surface area contributed by atoms with Crippen LogP contribution in [0, 0.1) is 13.8 Å². The molecule has 0 bridgehead atoms. The number of hydrogen-bond donors (Lipinski definition) is 6. The molecule has 9 rings (SSSR count). The first kappa shape index (κ1) is 68.6.